The summed E-state index contributed by atoms with van der Waals surface area (Å²) < 4.78 is 0. The second-order valence-corrected chi connectivity index (χ2v) is 6.15. The first-order valence-corrected chi connectivity index (χ1v) is 6.87. The van der Waals surface area contributed by atoms with E-state index in [1.807, 2.05) is 13.0 Å². The minimum absolute atomic E-state index is 0.0600. The molecule has 1 aromatic rings. The van der Waals surface area contributed by atoms with Crippen LogP contribution >= 0.6 is 0 Å². The Morgan fingerprint density at radius 3 is 2.00 bits per heavy atom. The van der Waals surface area contributed by atoms with E-state index in [-0.39, 0.29) is 5.41 Å². The molecule has 0 N–H and O–H groups in total. The van der Waals surface area contributed by atoms with Crippen LogP contribution in [-0.2, 0) is 0 Å². The maximum Gasteiger partial charge on any atom is -0.0119 e. The van der Waals surface area contributed by atoms with E-state index in [2.05, 4.69) is 64.5 Å². The number of hydrogen-bond acceptors (Lipinski definition) is 0. The minimum atomic E-state index is 0.0600. The van der Waals surface area contributed by atoms with Gasteiger partial charge in [0, 0.05) is 0 Å². The Kier molecular flexibility index (Phi) is 5.17. The summed E-state index contributed by atoms with van der Waals surface area (Å²) in [7, 11) is 0. The predicted octanol–water partition coefficient (Wildman–Crippen LogP) is 5.73. The van der Waals surface area contributed by atoms with E-state index in [0.29, 0.717) is 0 Å². The van der Waals surface area contributed by atoms with Gasteiger partial charge in [-0.25, -0.2) is 0 Å². The average molecular weight is 264 g/mol. The van der Waals surface area contributed by atoms with E-state index in [1.54, 1.807) is 6.08 Å². The summed E-state index contributed by atoms with van der Waals surface area (Å²) in [4.78, 5) is 0. The first-order chi connectivity index (χ1) is 9.27. The molecular weight excluding hydrogens is 240 g/mol. The number of hydrogen-bond donors (Lipinski definition) is 0. The second-order valence-electron chi connectivity index (χ2n) is 6.15. The maximum atomic E-state index is 5.34. The summed E-state index contributed by atoms with van der Waals surface area (Å²) in [5, 5.41) is 0. The van der Waals surface area contributed by atoms with Crippen molar-refractivity contribution in [3.8, 4) is 12.3 Å². The van der Waals surface area contributed by atoms with Gasteiger partial charge in [0.05, 0.1) is 0 Å². The van der Waals surface area contributed by atoms with Crippen LogP contribution in [0.1, 0.15) is 45.7 Å². The van der Waals surface area contributed by atoms with Crippen LogP contribution < -0.4 is 0 Å². The van der Waals surface area contributed by atoms with Crippen molar-refractivity contribution >= 4 is 11.1 Å². The van der Waals surface area contributed by atoms with Crippen LogP contribution in [0.4, 0.5) is 0 Å². The van der Waals surface area contributed by atoms with Crippen LogP contribution in [0.2, 0.25) is 0 Å². The quantitative estimate of drug-likeness (QED) is 0.483. The summed E-state index contributed by atoms with van der Waals surface area (Å²) >= 11 is 0. The molecule has 0 saturated heterocycles. The normalized spacial score (nSPS) is 13.0. The summed E-state index contributed by atoms with van der Waals surface area (Å²) in [6, 6.07) is 8.53. The Bertz CT molecular complexity index is 578. The molecule has 0 heterocycles. The lowest BCUT2D eigenvalue weighted by molar-refractivity contribution is 0.518. The van der Waals surface area contributed by atoms with Gasteiger partial charge in [-0.3, -0.25) is 0 Å². The van der Waals surface area contributed by atoms with Gasteiger partial charge in [-0.05, 0) is 53.7 Å². The fourth-order valence-corrected chi connectivity index (χ4v) is 2.23. The highest BCUT2D eigenvalue weighted by Crippen LogP contribution is 2.33. The molecular formula is C20H24. The summed E-state index contributed by atoms with van der Waals surface area (Å²) in [6.45, 7) is 14.8. The molecule has 0 heteroatoms. The van der Waals surface area contributed by atoms with Crippen molar-refractivity contribution in [2.24, 2.45) is 5.41 Å². The monoisotopic (exact) mass is 264 g/mol. The molecule has 104 valence electrons. The van der Waals surface area contributed by atoms with E-state index in [4.69, 9.17) is 6.42 Å². The zero-order valence-corrected chi connectivity index (χ0v) is 13.2. The Labute approximate surface area is 123 Å². The van der Waals surface area contributed by atoms with Crippen molar-refractivity contribution in [2.75, 3.05) is 0 Å². The molecule has 0 nitrogen and oxygen atoms in total. The third-order valence-corrected chi connectivity index (χ3v) is 3.37. The largest absolute Gasteiger partial charge is 0.115 e. The Hall–Kier alpha value is -2.00. The van der Waals surface area contributed by atoms with Crippen molar-refractivity contribution in [3.05, 3.63) is 59.7 Å². The van der Waals surface area contributed by atoms with E-state index in [1.165, 1.54) is 22.3 Å². The van der Waals surface area contributed by atoms with Gasteiger partial charge in [0.1, 0.15) is 0 Å². The second kappa shape index (κ2) is 6.44. The lowest BCUT2D eigenvalue weighted by atomic mass is 9.81. The standard InChI is InChI=1S/C20H24/c1-8-9-10-19(20(5,6)7)16(4)18-13-11-17(12-14-18)15(2)3/h1,9-14H,2H2,3-7H3/b10-9-,19-16-. The molecule has 0 fully saturated rings. The van der Waals surface area contributed by atoms with Crippen LogP contribution in [0, 0.1) is 17.8 Å². The van der Waals surface area contributed by atoms with Crippen molar-refractivity contribution in [3.63, 3.8) is 0 Å². The summed E-state index contributed by atoms with van der Waals surface area (Å²) in [5.74, 6) is 2.57. The smallest absolute Gasteiger partial charge is 0.0119 e. The van der Waals surface area contributed by atoms with Crippen LogP contribution in [0.3, 0.4) is 0 Å². The van der Waals surface area contributed by atoms with Gasteiger partial charge in [0.2, 0.25) is 0 Å². The lowest BCUT2D eigenvalue weighted by Gasteiger charge is -2.23. The van der Waals surface area contributed by atoms with Crippen LogP contribution in [-0.4, -0.2) is 0 Å². The molecule has 0 aliphatic rings. The van der Waals surface area contributed by atoms with Gasteiger partial charge in [-0.1, -0.05) is 63.1 Å². The molecule has 0 bridgehead atoms. The maximum absolute atomic E-state index is 5.34. The van der Waals surface area contributed by atoms with Crippen molar-refractivity contribution in [2.45, 2.75) is 34.6 Å². The van der Waals surface area contributed by atoms with Gasteiger partial charge >= 0.3 is 0 Å². The molecule has 0 radical (unpaired) electrons. The molecule has 0 aromatic heterocycles. The predicted molar refractivity (Wildman–Crippen MR) is 91.2 cm³/mol. The fraction of sp³-hybridized carbons (Fsp3) is 0.300. The minimum Gasteiger partial charge on any atom is -0.115 e. The highest BCUT2D eigenvalue weighted by molar-refractivity contribution is 5.72. The van der Waals surface area contributed by atoms with Crippen molar-refractivity contribution in [1.82, 2.24) is 0 Å². The Morgan fingerprint density at radius 2 is 1.60 bits per heavy atom. The molecule has 1 rings (SSSR count). The van der Waals surface area contributed by atoms with Crippen molar-refractivity contribution < 1.29 is 0 Å². The summed E-state index contributed by atoms with van der Waals surface area (Å²) in [5.41, 5.74) is 6.07. The third kappa shape index (κ3) is 4.00. The lowest BCUT2D eigenvalue weighted by Crippen LogP contribution is -2.09. The molecule has 0 saturated carbocycles. The van der Waals surface area contributed by atoms with Crippen LogP contribution in [0.25, 0.3) is 11.1 Å². The third-order valence-electron chi connectivity index (χ3n) is 3.37. The topological polar surface area (TPSA) is 0 Å². The van der Waals surface area contributed by atoms with Crippen LogP contribution in [0.5, 0.6) is 0 Å². The Morgan fingerprint density at radius 1 is 1.10 bits per heavy atom. The van der Waals surface area contributed by atoms with E-state index in [9.17, 15) is 0 Å². The van der Waals surface area contributed by atoms with Crippen molar-refractivity contribution in [1.29, 1.82) is 0 Å². The Balaban J connectivity index is 3.32. The number of allylic oxidation sites excluding steroid dienone is 5. The first kappa shape index (κ1) is 16.1. The zero-order valence-electron chi connectivity index (χ0n) is 13.2. The average Bonchev–Trinajstić information content (AvgIpc) is 2.37. The van der Waals surface area contributed by atoms with E-state index in [0.717, 1.165) is 5.57 Å². The first-order valence-electron chi connectivity index (χ1n) is 6.87. The molecule has 0 aliphatic carbocycles. The number of rotatable bonds is 3. The molecule has 0 unspecified atom stereocenters. The SMILES string of the molecule is C#C/C=C\C(=C(/C)c1ccc(C(=C)C)cc1)C(C)(C)C. The van der Waals surface area contributed by atoms with E-state index >= 15 is 0 Å². The van der Waals surface area contributed by atoms with Gasteiger partial charge < -0.3 is 0 Å². The molecule has 0 atom stereocenters. The molecule has 0 spiro atoms. The van der Waals surface area contributed by atoms with Gasteiger partial charge in [-0.2, -0.15) is 0 Å². The molecule has 1 aromatic carbocycles. The number of benzene rings is 1. The molecule has 0 amide bonds. The zero-order chi connectivity index (χ0) is 15.3. The van der Waals surface area contributed by atoms with Gasteiger partial charge in [0.25, 0.3) is 0 Å². The summed E-state index contributed by atoms with van der Waals surface area (Å²) in [6.07, 6.45) is 9.16. The highest BCUT2D eigenvalue weighted by atomic mass is 14.2. The highest BCUT2D eigenvalue weighted by Gasteiger charge is 2.17. The van der Waals surface area contributed by atoms with Gasteiger partial charge in [-0.15, -0.1) is 6.42 Å². The van der Waals surface area contributed by atoms with Crippen LogP contribution in [0.15, 0.2) is 48.6 Å². The fourth-order valence-electron chi connectivity index (χ4n) is 2.23. The van der Waals surface area contributed by atoms with Gasteiger partial charge in [0.15, 0.2) is 0 Å². The number of terminal acetylenes is 1. The molecule has 20 heavy (non-hydrogen) atoms. The van der Waals surface area contributed by atoms with E-state index < -0.39 is 0 Å². The molecule has 0 aliphatic heterocycles.